The summed E-state index contributed by atoms with van der Waals surface area (Å²) < 4.78 is 7.15. The van der Waals surface area contributed by atoms with Gasteiger partial charge in [0.05, 0.1) is 19.1 Å². The maximum atomic E-state index is 6.25. The Bertz CT molecular complexity index is 960. The van der Waals surface area contributed by atoms with E-state index < -0.39 is 0 Å². The van der Waals surface area contributed by atoms with Crippen LogP contribution in [0.25, 0.3) is 23.1 Å². The van der Waals surface area contributed by atoms with Crippen molar-refractivity contribution < 1.29 is 4.42 Å². The number of imidazole rings is 1. The molecular weight excluding hydrogens is 349 g/mol. The predicted molar refractivity (Wildman–Crippen MR) is 92.1 cm³/mol. The molecular formula is C16H11Cl2N5O. The molecule has 2 aliphatic rings. The fraction of sp³-hybridized carbons (Fsp3) is 0.0625. The zero-order chi connectivity index (χ0) is 16.7. The van der Waals surface area contributed by atoms with E-state index in [1.54, 1.807) is 47.5 Å². The van der Waals surface area contributed by atoms with Crippen LogP contribution in [0.15, 0.2) is 47.3 Å². The molecule has 0 spiro atoms. The van der Waals surface area contributed by atoms with Crippen molar-refractivity contribution in [2.75, 3.05) is 5.73 Å². The average molecular weight is 360 g/mol. The number of furan rings is 1. The summed E-state index contributed by atoms with van der Waals surface area (Å²) in [5.74, 6) is 1.91. The van der Waals surface area contributed by atoms with E-state index in [9.17, 15) is 0 Å². The average Bonchev–Trinajstić information content (AvgIpc) is 3.22. The number of rotatable bonds is 3. The van der Waals surface area contributed by atoms with Crippen LogP contribution in [-0.4, -0.2) is 19.5 Å². The minimum absolute atomic E-state index is 0.303. The molecule has 0 saturated carbocycles. The minimum atomic E-state index is 0.303. The molecule has 0 radical (unpaired) electrons. The lowest BCUT2D eigenvalue weighted by Gasteiger charge is -2.13. The Morgan fingerprint density at radius 1 is 1.08 bits per heavy atom. The number of hydrogen-bond donors (Lipinski definition) is 1. The van der Waals surface area contributed by atoms with E-state index in [4.69, 9.17) is 33.4 Å². The van der Waals surface area contributed by atoms with Gasteiger partial charge in [-0.3, -0.25) is 0 Å². The normalized spacial score (nSPS) is 11.2. The van der Waals surface area contributed by atoms with Gasteiger partial charge in [-0.25, -0.2) is 15.0 Å². The number of benzene rings is 1. The number of nitrogens with zero attached hydrogens (tertiary/aromatic N) is 4. The van der Waals surface area contributed by atoms with Gasteiger partial charge in [-0.15, -0.1) is 0 Å². The fourth-order valence-corrected chi connectivity index (χ4v) is 2.96. The summed E-state index contributed by atoms with van der Waals surface area (Å²) in [6, 6.07) is 8.93. The van der Waals surface area contributed by atoms with Crippen molar-refractivity contribution in [2.24, 2.45) is 0 Å². The molecule has 120 valence electrons. The van der Waals surface area contributed by atoms with Gasteiger partial charge in [-0.2, -0.15) is 0 Å². The molecule has 0 bridgehead atoms. The Kier molecular flexibility index (Phi) is 3.63. The van der Waals surface area contributed by atoms with Crippen LogP contribution in [0.4, 0.5) is 5.82 Å². The first-order valence-electron chi connectivity index (χ1n) is 7.08. The molecule has 0 aliphatic carbocycles. The number of nitrogens with two attached hydrogens (primary N) is 1. The SMILES string of the molecule is Nc1ncn(Cc2c(Cl)cccc2Cl)c2nc(-c3ccco3)nc1-2. The Morgan fingerprint density at radius 3 is 2.58 bits per heavy atom. The van der Waals surface area contributed by atoms with Crippen LogP contribution in [0.3, 0.4) is 0 Å². The van der Waals surface area contributed by atoms with E-state index in [0.717, 1.165) is 5.56 Å². The van der Waals surface area contributed by atoms with Crippen molar-refractivity contribution in [3.05, 3.63) is 58.5 Å². The third kappa shape index (κ3) is 2.50. The van der Waals surface area contributed by atoms with Crippen LogP contribution in [0.5, 0.6) is 0 Å². The molecule has 8 heteroatoms. The van der Waals surface area contributed by atoms with Crippen molar-refractivity contribution in [2.45, 2.75) is 6.54 Å². The lowest BCUT2D eigenvalue weighted by molar-refractivity contribution is 0.578. The van der Waals surface area contributed by atoms with Crippen molar-refractivity contribution in [1.82, 2.24) is 19.5 Å². The molecule has 3 heterocycles. The van der Waals surface area contributed by atoms with Gasteiger partial charge in [0.1, 0.15) is 0 Å². The van der Waals surface area contributed by atoms with Gasteiger partial charge < -0.3 is 14.7 Å². The van der Waals surface area contributed by atoms with Gasteiger partial charge >= 0.3 is 0 Å². The minimum Gasteiger partial charge on any atom is -0.461 e. The smallest absolute Gasteiger partial charge is 0.198 e. The number of anilines is 1. The van der Waals surface area contributed by atoms with Crippen molar-refractivity contribution in [3.8, 4) is 23.1 Å². The highest BCUT2D eigenvalue weighted by atomic mass is 35.5. The molecule has 1 aromatic heterocycles. The Balaban J connectivity index is 1.83. The van der Waals surface area contributed by atoms with Gasteiger partial charge in [-0.1, -0.05) is 29.3 Å². The third-order valence-electron chi connectivity index (χ3n) is 3.62. The zero-order valence-corrected chi connectivity index (χ0v) is 13.8. The summed E-state index contributed by atoms with van der Waals surface area (Å²) >= 11 is 12.5. The van der Waals surface area contributed by atoms with Gasteiger partial charge in [0, 0.05) is 15.6 Å². The molecule has 4 rings (SSSR count). The van der Waals surface area contributed by atoms with E-state index >= 15 is 0 Å². The molecule has 0 saturated heterocycles. The fourth-order valence-electron chi connectivity index (χ4n) is 2.44. The molecule has 24 heavy (non-hydrogen) atoms. The van der Waals surface area contributed by atoms with Crippen molar-refractivity contribution in [3.63, 3.8) is 0 Å². The lowest BCUT2D eigenvalue weighted by Crippen LogP contribution is -2.09. The van der Waals surface area contributed by atoms with Gasteiger partial charge in [0.15, 0.2) is 28.9 Å². The predicted octanol–water partition coefficient (Wildman–Crippen LogP) is 3.98. The number of halogens is 2. The summed E-state index contributed by atoms with van der Waals surface area (Å²) in [6.45, 7) is 0.401. The maximum Gasteiger partial charge on any atom is 0.198 e. The van der Waals surface area contributed by atoms with Crippen LogP contribution in [0, 0.1) is 0 Å². The van der Waals surface area contributed by atoms with Gasteiger partial charge in [0.25, 0.3) is 0 Å². The zero-order valence-electron chi connectivity index (χ0n) is 12.3. The monoisotopic (exact) mass is 359 g/mol. The first kappa shape index (κ1) is 15.0. The van der Waals surface area contributed by atoms with Crippen LogP contribution < -0.4 is 5.73 Å². The van der Waals surface area contributed by atoms with Crippen LogP contribution in [0.2, 0.25) is 10.0 Å². The van der Waals surface area contributed by atoms with Crippen LogP contribution in [-0.2, 0) is 6.54 Å². The topological polar surface area (TPSA) is 82.8 Å². The Labute approximate surface area is 147 Å². The lowest BCUT2D eigenvalue weighted by atomic mass is 10.2. The van der Waals surface area contributed by atoms with E-state index in [0.29, 0.717) is 45.5 Å². The molecule has 6 nitrogen and oxygen atoms in total. The molecule has 0 atom stereocenters. The summed E-state index contributed by atoms with van der Waals surface area (Å²) in [6.07, 6.45) is 3.16. The number of fused-ring (bicyclic) bond motifs is 1. The number of aromatic nitrogens is 4. The summed E-state index contributed by atoms with van der Waals surface area (Å²) in [5.41, 5.74) is 7.22. The second-order valence-electron chi connectivity index (χ2n) is 5.15. The van der Waals surface area contributed by atoms with E-state index in [1.165, 1.54) is 0 Å². The summed E-state index contributed by atoms with van der Waals surface area (Å²) in [4.78, 5) is 13.1. The second-order valence-corrected chi connectivity index (χ2v) is 5.97. The van der Waals surface area contributed by atoms with E-state index in [2.05, 4.69) is 15.0 Å². The van der Waals surface area contributed by atoms with Crippen molar-refractivity contribution >= 4 is 29.0 Å². The number of nitrogen functional groups attached to an aromatic ring is 1. The number of hydrogen-bond acceptors (Lipinski definition) is 5. The highest BCUT2D eigenvalue weighted by molar-refractivity contribution is 6.35. The summed E-state index contributed by atoms with van der Waals surface area (Å²) in [7, 11) is 0. The first-order valence-corrected chi connectivity index (χ1v) is 7.84. The second kappa shape index (κ2) is 5.81. The maximum absolute atomic E-state index is 6.25. The molecule has 1 aromatic carbocycles. The highest BCUT2D eigenvalue weighted by Gasteiger charge is 2.21. The van der Waals surface area contributed by atoms with Gasteiger partial charge in [0.2, 0.25) is 0 Å². The molecule has 0 fully saturated rings. The van der Waals surface area contributed by atoms with Crippen LogP contribution in [0.1, 0.15) is 5.56 Å². The largest absolute Gasteiger partial charge is 0.461 e. The molecule has 0 unspecified atom stereocenters. The molecule has 2 N–H and O–H groups in total. The Hall–Kier alpha value is -2.57. The van der Waals surface area contributed by atoms with E-state index in [1.807, 2.05) is 0 Å². The van der Waals surface area contributed by atoms with Gasteiger partial charge in [-0.05, 0) is 24.3 Å². The van der Waals surface area contributed by atoms with E-state index in [-0.39, 0.29) is 0 Å². The Morgan fingerprint density at radius 2 is 1.88 bits per heavy atom. The first-order chi connectivity index (χ1) is 11.6. The molecule has 2 aromatic rings. The summed E-state index contributed by atoms with van der Waals surface area (Å²) in [5, 5.41) is 1.15. The molecule has 0 amide bonds. The third-order valence-corrected chi connectivity index (χ3v) is 4.33. The highest BCUT2D eigenvalue weighted by Crippen LogP contribution is 2.31. The quantitative estimate of drug-likeness (QED) is 0.598. The molecule has 2 aliphatic heterocycles. The van der Waals surface area contributed by atoms with Crippen LogP contribution >= 0.6 is 23.2 Å². The standard InChI is InChI=1S/C16H11Cl2N5O/c17-10-3-1-4-11(18)9(10)7-23-8-20-14(19)13-16(23)22-15(21-13)12-5-2-6-24-12/h1-6,8H,7,19H2. The van der Waals surface area contributed by atoms with Crippen molar-refractivity contribution in [1.29, 1.82) is 0 Å².